The van der Waals surface area contributed by atoms with Crippen molar-refractivity contribution in [3.05, 3.63) is 167 Å². The quantitative estimate of drug-likeness (QED) is 0.154. The molecule has 8 rings (SSSR count). The number of aromatic nitrogens is 3. The van der Waals surface area contributed by atoms with E-state index in [-0.39, 0.29) is 32.2 Å². The number of pyridine rings is 1. The average molecular weight is 956 g/mol. The summed E-state index contributed by atoms with van der Waals surface area (Å²) < 4.78 is 19.8. The largest absolute Gasteiger partial charge is 0.507 e. The Morgan fingerprint density at radius 1 is 0.661 bits per heavy atom. The van der Waals surface area contributed by atoms with Gasteiger partial charge in [-0.05, 0) is 106 Å². The zero-order chi connectivity index (χ0) is 42.7. The van der Waals surface area contributed by atoms with Crippen LogP contribution in [0.15, 0.2) is 134 Å². The normalized spacial score (nSPS) is 12.6. The molecule has 0 amide bonds. The van der Waals surface area contributed by atoms with Gasteiger partial charge in [0.15, 0.2) is 0 Å². The van der Waals surface area contributed by atoms with Gasteiger partial charge in [-0.25, -0.2) is 4.98 Å². The maximum absolute atomic E-state index is 11.7. The van der Waals surface area contributed by atoms with E-state index in [4.69, 9.17) is 12.7 Å². The summed E-state index contributed by atoms with van der Waals surface area (Å²) in [4.78, 5) is 10.3. The summed E-state index contributed by atoms with van der Waals surface area (Å²) in [6.45, 7) is 18.3. The van der Waals surface area contributed by atoms with Crippen LogP contribution >= 0.6 is 0 Å². The summed E-state index contributed by atoms with van der Waals surface area (Å²) in [5.74, 6) is -0.753. The SMILES string of the molecule is [2H]C(C)(C)c1ccc(-c2ccnc(-c3[c-]c(-c4cccc5c4nc(-c4cc(C)cc(C)c4O)n5-c4cc(-c5ccccc5)cc(C([2H])(C)C)c4)cc(C(C)(C)C)c3)c2)cc1.[Pt]. The molecule has 4 nitrogen and oxygen atoms in total. The Bertz CT molecular complexity index is 2900. The van der Waals surface area contributed by atoms with E-state index < -0.39 is 11.8 Å². The van der Waals surface area contributed by atoms with Crippen molar-refractivity contribution < 1.29 is 28.9 Å². The molecule has 5 heteroatoms. The van der Waals surface area contributed by atoms with E-state index in [0.29, 0.717) is 11.4 Å². The molecule has 0 aliphatic rings. The van der Waals surface area contributed by atoms with Crippen LogP contribution in [0.3, 0.4) is 0 Å². The van der Waals surface area contributed by atoms with Gasteiger partial charge < -0.3 is 5.11 Å². The molecule has 0 spiro atoms. The molecule has 0 aliphatic heterocycles. The summed E-state index contributed by atoms with van der Waals surface area (Å²) >= 11 is 0. The summed E-state index contributed by atoms with van der Waals surface area (Å²) in [7, 11) is 0. The van der Waals surface area contributed by atoms with Crippen LogP contribution in [0.5, 0.6) is 5.75 Å². The maximum atomic E-state index is 11.7. The summed E-state index contributed by atoms with van der Waals surface area (Å²) in [6.07, 6.45) is 1.85. The van der Waals surface area contributed by atoms with Gasteiger partial charge in [-0.1, -0.05) is 145 Å². The van der Waals surface area contributed by atoms with Crippen LogP contribution in [0.25, 0.3) is 72.7 Å². The van der Waals surface area contributed by atoms with Crippen LogP contribution < -0.4 is 0 Å². The van der Waals surface area contributed by atoms with Crippen molar-refractivity contribution in [1.29, 1.82) is 0 Å². The van der Waals surface area contributed by atoms with Gasteiger partial charge in [-0.3, -0.25) is 9.55 Å². The van der Waals surface area contributed by atoms with E-state index in [9.17, 15) is 5.11 Å². The molecule has 300 valence electrons. The number of fused-ring (bicyclic) bond motifs is 1. The minimum Gasteiger partial charge on any atom is -0.507 e. The number of phenolic OH excluding ortho intramolecular Hbond substituents is 1. The minimum absolute atomic E-state index is 0. The first kappa shape index (κ1) is 38.9. The van der Waals surface area contributed by atoms with Gasteiger partial charge in [0.1, 0.15) is 11.6 Å². The van der Waals surface area contributed by atoms with Crippen molar-refractivity contribution in [2.45, 2.75) is 79.5 Å². The summed E-state index contributed by atoms with van der Waals surface area (Å²) in [5, 5.41) is 11.7. The Labute approximate surface area is 367 Å². The van der Waals surface area contributed by atoms with Crippen molar-refractivity contribution >= 4 is 11.0 Å². The Morgan fingerprint density at radius 3 is 2.05 bits per heavy atom. The number of aryl methyl sites for hydroxylation is 2. The monoisotopic (exact) mass is 955 g/mol. The molecule has 0 unspecified atom stereocenters. The maximum Gasteiger partial charge on any atom is 0.148 e. The molecule has 0 bridgehead atoms. The predicted octanol–water partition coefficient (Wildman–Crippen LogP) is 14.4. The van der Waals surface area contributed by atoms with E-state index in [2.05, 4.69) is 110 Å². The third-order valence-electron chi connectivity index (χ3n) is 11.1. The number of aromatic hydroxyl groups is 1. The van der Waals surface area contributed by atoms with Crippen molar-refractivity contribution in [3.63, 3.8) is 0 Å². The number of hydrogen-bond acceptors (Lipinski definition) is 3. The molecular weight excluding hydrogens is 902 g/mol. The molecule has 1 N–H and O–H groups in total. The number of benzene rings is 6. The second-order valence-corrected chi connectivity index (χ2v) is 17.0. The van der Waals surface area contributed by atoms with Crippen LogP contribution in [0.4, 0.5) is 0 Å². The second kappa shape index (κ2) is 16.6. The van der Waals surface area contributed by atoms with Crippen LogP contribution in [0, 0.1) is 19.9 Å². The summed E-state index contributed by atoms with van der Waals surface area (Å²) in [5.41, 5.74) is 15.4. The van der Waals surface area contributed by atoms with Crippen LogP contribution in [0.2, 0.25) is 0 Å². The molecule has 0 saturated carbocycles. The summed E-state index contributed by atoms with van der Waals surface area (Å²) in [6, 6.07) is 47.4. The van der Waals surface area contributed by atoms with Crippen LogP contribution in [-0.2, 0) is 26.5 Å². The zero-order valence-corrected chi connectivity index (χ0v) is 37.6. The number of para-hydroxylation sites is 1. The average Bonchev–Trinajstić information content (AvgIpc) is 3.61. The Morgan fingerprint density at radius 2 is 1.36 bits per heavy atom. The van der Waals surface area contributed by atoms with Crippen molar-refractivity contribution in [2.75, 3.05) is 0 Å². The second-order valence-electron chi connectivity index (χ2n) is 17.0. The topological polar surface area (TPSA) is 50.9 Å². The Kier molecular flexibility index (Phi) is 10.9. The first-order valence-electron chi connectivity index (χ1n) is 21.0. The third kappa shape index (κ3) is 8.34. The van der Waals surface area contributed by atoms with E-state index in [0.717, 1.165) is 89.2 Å². The molecule has 59 heavy (non-hydrogen) atoms. The molecule has 0 atom stereocenters. The van der Waals surface area contributed by atoms with Gasteiger partial charge in [0.2, 0.25) is 0 Å². The van der Waals surface area contributed by atoms with E-state index in [1.54, 1.807) is 0 Å². The van der Waals surface area contributed by atoms with Crippen LogP contribution in [-0.4, -0.2) is 19.6 Å². The first-order valence-corrected chi connectivity index (χ1v) is 20.0. The molecule has 0 aliphatic carbocycles. The molecule has 2 aromatic heterocycles. The number of nitrogens with zero attached hydrogens (tertiary/aromatic N) is 3. The first-order chi connectivity index (χ1) is 28.3. The molecular formula is C54H52N3OPt-. The molecule has 0 saturated heterocycles. The number of hydrogen-bond donors (Lipinski definition) is 1. The van der Waals surface area contributed by atoms with E-state index in [1.807, 2.05) is 96.3 Å². The van der Waals surface area contributed by atoms with Crippen LogP contribution in [0.1, 0.15) is 90.8 Å². The van der Waals surface area contributed by atoms with Gasteiger partial charge in [-0.2, -0.15) is 0 Å². The van der Waals surface area contributed by atoms with Crippen molar-refractivity contribution in [3.8, 4) is 67.5 Å². The molecule has 0 fully saturated rings. The Balaban J connectivity index is 0.00000561. The van der Waals surface area contributed by atoms with Crippen molar-refractivity contribution in [2.24, 2.45) is 0 Å². The predicted molar refractivity (Wildman–Crippen MR) is 243 cm³/mol. The zero-order valence-electron chi connectivity index (χ0n) is 37.3. The fourth-order valence-corrected chi connectivity index (χ4v) is 7.75. The smallest absolute Gasteiger partial charge is 0.148 e. The van der Waals surface area contributed by atoms with Gasteiger partial charge in [-0.15, -0.1) is 29.3 Å². The minimum atomic E-state index is -0.879. The fourth-order valence-electron chi connectivity index (χ4n) is 7.75. The number of rotatable bonds is 8. The number of phenols is 1. The van der Waals surface area contributed by atoms with Gasteiger partial charge in [0.05, 0.1) is 16.6 Å². The molecule has 0 radical (unpaired) electrons. The van der Waals surface area contributed by atoms with E-state index in [1.165, 1.54) is 0 Å². The standard InChI is InChI=1S/C54H52N3O.Pt/c1-33(2)37-18-20-39(21-19-37)40-22-23-55-49(32-40)44-27-43(28-45(29-44)54(7,8)9)47-16-13-17-50-51(47)56-53(48-25-35(5)24-36(6)52(48)58)57(50)46-30-41(34(3)4)26-42(31-46)38-14-11-10-12-15-38;/h10-26,28-34,58H,1-9H3;/q-1;/i33D,34D;. The molecule has 2 heterocycles. The Hall–Kier alpha value is -5.57. The van der Waals surface area contributed by atoms with E-state index >= 15 is 0 Å². The fraction of sp³-hybridized carbons (Fsp3) is 0.222. The molecule has 8 aromatic rings. The number of imidazole rings is 1. The van der Waals surface area contributed by atoms with Crippen molar-refractivity contribution in [1.82, 2.24) is 14.5 Å². The van der Waals surface area contributed by atoms with Gasteiger partial charge in [0, 0.05) is 41.4 Å². The third-order valence-corrected chi connectivity index (χ3v) is 11.1. The van der Waals surface area contributed by atoms with Gasteiger partial charge >= 0.3 is 0 Å². The van der Waals surface area contributed by atoms with Gasteiger partial charge in [0.25, 0.3) is 0 Å². The molecule has 6 aromatic carbocycles.